The summed E-state index contributed by atoms with van der Waals surface area (Å²) >= 11 is 1.49. The van der Waals surface area contributed by atoms with Crippen LogP contribution in [0.15, 0.2) is 24.3 Å². The molecule has 0 saturated carbocycles. The van der Waals surface area contributed by atoms with Crippen LogP contribution in [0.3, 0.4) is 0 Å². The summed E-state index contributed by atoms with van der Waals surface area (Å²) in [5.74, 6) is 0.543. The SMILES string of the molecule is COc1ccc(/C=C/C(=O)Nc2sc3c(c2C(=O)OC(C)C)CCCCC3)cc1OC. The molecular weight excluding hydrogens is 414 g/mol. The summed E-state index contributed by atoms with van der Waals surface area (Å²) in [7, 11) is 3.14. The lowest BCUT2D eigenvalue weighted by Crippen LogP contribution is -2.16. The average molecular weight is 444 g/mol. The molecule has 0 unspecified atom stereocenters. The molecule has 0 spiro atoms. The normalized spacial score (nSPS) is 13.6. The fraction of sp³-hybridized carbons (Fsp3) is 0.417. The molecule has 6 nitrogen and oxygen atoms in total. The predicted molar refractivity (Wildman–Crippen MR) is 123 cm³/mol. The number of hydrogen-bond donors (Lipinski definition) is 1. The lowest BCUT2D eigenvalue weighted by Gasteiger charge is -2.11. The zero-order valence-corrected chi connectivity index (χ0v) is 19.3. The molecule has 1 amide bonds. The molecule has 31 heavy (non-hydrogen) atoms. The standard InChI is InChI=1S/C24H29NO5S/c1-15(2)30-24(27)22-17-8-6-5-7-9-20(17)31-23(22)25-21(26)13-11-16-10-12-18(28-3)19(14-16)29-4/h10-15H,5-9H2,1-4H3,(H,25,26)/b13-11+. The summed E-state index contributed by atoms with van der Waals surface area (Å²) in [6.07, 6.45) is 7.98. The van der Waals surface area contributed by atoms with Crippen LogP contribution < -0.4 is 14.8 Å². The molecule has 1 aromatic carbocycles. The maximum Gasteiger partial charge on any atom is 0.341 e. The highest BCUT2D eigenvalue weighted by Gasteiger charge is 2.27. The topological polar surface area (TPSA) is 73.9 Å². The Morgan fingerprint density at radius 2 is 1.81 bits per heavy atom. The van der Waals surface area contributed by atoms with E-state index >= 15 is 0 Å². The Morgan fingerprint density at radius 1 is 1.06 bits per heavy atom. The molecule has 1 aliphatic rings. The minimum Gasteiger partial charge on any atom is -0.493 e. The minimum atomic E-state index is -0.367. The Bertz CT molecular complexity index is 977. The van der Waals surface area contributed by atoms with Gasteiger partial charge < -0.3 is 19.5 Å². The smallest absolute Gasteiger partial charge is 0.341 e. The van der Waals surface area contributed by atoms with E-state index in [0.717, 1.165) is 43.2 Å². The second kappa shape index (κ2) is 10.5. The van der Waals surface area contributed by atoms with E-state index in [1.54, 1.807) is 32.4 Å². The maximum atomic E-state index is 12.8. The molecule has 0 fully saturated rings. The summed E-state index contributed by atoms with van der Waals surface area (Å²) in [6, 6.07) is 5.41. The first-order valence-electron chi connectivity index (χ1n) is 10.5. The van der Waals surface area contributed by atoms with E-state index in [1.807, 2.05) is 19.9 Å². The van der Waals surface area contributed by atoms with Crippen LogP contribution in [0.1, 0.15) is 59.5 Å². The Morgan fingerprint density at radius 3 is 2.52 bits per heavy atom. The minimum absolute atomic E-state index is 0.220. The molecule has 3 rings (SSSR count). The highest BCUT2D eigenvalue weighted by Crippen LogP contribution is 2.38. The van der Waals surface area contributed by atoms with E-state index in [1.165, 1.54) is 22.3 Å². The Balaban J connectivity index is 1.82. The largest absolute Gasteiger partial charge is 0.493 e. The summed E-state index contributed by atoms with van der Waals surface area (Å²) in [6.45, 7) is 3.65. The lowest BCUT2D eigenvalue weighted by atomic mass is 10.1. The van der Waals surface area contributed by atoms with Crippen LogP contribution >= 0.6 is 11.3 Å². The molecule has 166 valence electrons. The predicted octanol–water partition coefficient (Wildman–Crippen LogP) is 5.25. The van der Waals surface area contributed by atoms with Crippen LogP contribution in [0.25, 0.3) is 6.08 Å². The van der Waals surface area contributed by atoms with Gasteiger partial charge in [0.05, 0.1) is 25.9 Å². The van der Waals surface area contributed by atoms with Crippen molar-refractivity contribution in [3.8, 4) is 11.5 Å². The van der Waals surface area contributed by atoms with E-state index in [0.29, 0.717) is 22.1 Å². The number of rotatable bonds is 7. The first-order valence-corrected chi connectivity index (χ1v) is 11.3. The van der Waals surface area contributed by atoms with Gasteiger partial charge in [0.15, 0.2) is 11.5 Å². The highest BCUT2D eigenvalue weighted by atomic mass is 32.1. The van der Waals surface area contributed by atoms with Crippen molar-refractivity contribution >= 4 is 34.3 Å². The van der Waals surface area contributed by atoms with E-state index in [9.17, 15) is 9.59 Å². The molecule has 0 saturated heterocycles. The number of fused-ring (bicyclic) bond motifs is 1. The number of nitrogens with one attached hydrogen (secondary N) is 1. The van der Waals surface area contributed by atoms with Crippen LogP contribution in [-0.4, -0.2) is 32.2 Å². The van der Waals surface area contributed by atoms with Crippen LogP contribution in [0.5, 0.6) is 11.5 Å². The summed E-state index contributed by atoms with van der Waals surface area (Å²) < 4.78 is 16.0. The van der Waals surface area contributed by atoms with Crippen molar-refractivity contribution in [2.24, 2.45) is 0 Å². The summed E-state index contributed by atoms with van der Waals surface area (Å²) in [5, 5.41) is 3.47. The van der Waals surface area contributed by atoms with E-state index in [4.69, 9.17) is 14.2 Å². The molecule has 0 atom stereocenters. The quantitative estimate of drug-likeness (QED) is 0.359. The summed E-state index contributed by atoms with van der Waals surface area (Å²) in [5.41, 5.74) is 2.35. The fourth-order valence-electron chi connectivity index (χ4n) is 3.60. The molecule has 1 heterocycles. The van der Waals surface area contributed by atoms with Gasteiger partial charge in [0.2, 0.25) is 5.91 Å². The van der Waals surface area contributed by atoms with Gasteiger partial charge >= 0.3 is 5.97 Å². The number of esters is 1. The third-order valence-corrected chi connectivity index (χ3v) is 6.25. The number of methoxy groups -OCH3 is 2. The third-order valence-electron chi connectivity index (χ3n) is 5.04. The molecule has 1 N–H and O–H groups in total. The number of thiophene rings is 1. The highest BCUT2D eigenvalue weighted by molar-refractivity contribution is 7.17. The van der Waals surface area contributed by atoms with Crippen LogP contribution in [-0.2, 0) is 22.4 Å². The fourth-order valence-corrected chi connectivity index (χ4v) is 4.88. The van der Waals surface area contributed by atoms with Gasteiger partial charge in [-0.3, -0.25) is 4.79 Å². The van der Waals surface area contributed by atoms with Crippen LogP contribution in [0, 0.1) is 0 Å². The Kier molecular flexibility index (Phi) is 7.74. The van der Waals surface area contributed by atoms with Gasteiger partial charge in [0.25, 0.3) is 0 Å². The average Bonchev–Trinajstić information content (AvgIpc) is 2.91. The molecule has 0 aliphatic heterocycles. The molecule has 1 aliphatic carbocycles. The van der Waals surface area contributed by atoms with Gasteiger partial charge in [-0.05, 0) is 68.9 Å². The van der Waals surface area contributed by atoms with Crippen molar-refractivity contribution in [3.63, 3.8) is 0 Å². The van der Waals surface area contributed by atoms with Gasteiger partial charge in [-0.2, -0.15) is 0 Å². The molecule has 1 aromatic heterocycles. The number of aryl methyl sites for hydroxylation is 1. The van der Waals surface area contributed by atoms with Crippen molar-refractivity contribution in [3.05, 3.63) is 45.8 Å². The Hall–Kier alpha value is -2.80. The first kappa shape index (κ1) is 22.9. The molecule has 0 bridgehead atoms. The number of carbonyl (C=O) groups excluding carboxylic acids is 2. The number of hydrogen-bond acceptors (Lipinski definition) is 6. The van der Waals surface area contributed by atoms with Gasteiger partial charge in [-0.25, -0.2) is 4.79 Å². The van der Waals surface area contributed by atoms with Crippen molar-refractivity contribution in [1.82, 2.24) is 0 Å². The van der Waals surface area contributed by atoms with Crippen molar-refractivity contribution in [2.75, 3.05) is 19.5 Å². The van der Waals surface area contributed by atoms with Gasteiger partial charge in [-0.1, -0.05) is 12.5 Å². The molecule has 0 radical (unpaired) electrons. The monoisotopic (exact) mass is 443 g/mol. The second-order valence-corrected chi connectivity index (χ2v) is 8.76. The lowest BCUT2D eigenvalue weighted by molar-refractivity contribution is -0.111. The number of anilines is 1. The zero-order valence-electron chi connectivity index (χ0n) is 18.4. The summed E-state index contributed by atoms with van der Waals surface area (Å²) in [4.78, 5) is 26.6. The van der Waals surface area contributed by atoms with Crippen LogP contribution in [0.4, 0.5) is 5.00 Å². The zero-order chi connectivity index (χ0) is 22.4. The number of benzene rings is 1. The number of amides is 1. The number of carbonyl (C=O) groups is 2. The van der Waals surface area contributed by atoms with Crippen molar-refractivity contribution < 1.29 is 23.8 Å². The second-order valence-electron chi connectivity index (χ2n) is 7.66. The molecule has 7 heteroatoms. The maximum absolute atomic E-state index is 12.8. The van der Waals surface area contributed by atoms with Gasteiger partial charge in [0, 0.05) is 11.0 Å². The van der Waals surface area contributed by atoms with Gasteiger partial charge in [-0.15, -0.1) is 11.3 Å². The van der Waals surface area contributed by atoms with E-state index in [2.05, 4.69) is 5.32 Å². The number of ether oxygens (including phenoxy) is 3. The van der Waals surface area contributed by atoms with Crippen LogP contribution in [0.2, 0.25) is 0 Å². The van der Waals surface area contributed by atoms with E-state index in [-0.39, 0.29) is 18.0 Å². The van der Waals surface area contributed by atoms with Crippen molar-refractivity contribution in [2.45, 2.75) is 52.1 Å². The molecule has 2 aromatic rings. The first-order chi connectivity index (χ1) is 14.9. The third kappa shape index (κ3) is 5.67. The van der Waals surface area contributed by atoms with Crippen molar-refractivity contribution in [1.29, 1.82) is 0 Å². The molecular formula is C24H29NO5S. The Labute approximate surface area is 187 Å². The van der Waals surface area contributed by atoms with E-state index < -0.39 is 0 Å². The van der Waals surface area contributed by atoms with Gasteiger partial charge in [0.1, 0.15) is 5.00 Å².